The molecule has 3 heteroatoms. The van der Waals surface area contributed by atoms with Crippen molar-refractivity contribution in [3.63, 3.8) is 0 Å². The van der Waals surface area contributed by atoms with Crippen molar-refractivity contribution in [2.24, 2.45) is 0 Å². The van der Waals surface area contributed by atoms with Crippen LogP contribution in [0, 0.1) is 6.07 Å². The van der Waals surface area contributed by atoms with Crippen molar-refractivity contribution < 1.29 is 23.9 Å². The first kappa shape index (κ1) is 36.2. The number of hydrogen-bond acceptors (Lipinski definition) is 0. The Morgan fingerprint density at radius 3 is 1.48 bits per heavy atom. The summed E-state index contributed by atoms with van der Waals surface area (Å²) in [5.41, 5.74) is 8.37. The Labute approximate surface area is 296 Å². The number of fused-ring (bicyclic) bond motifs is 3. The third-order valence-electron chi connectivity index (χ3n) is 10.8. The summed E-state index contributed by atoms with van der Waals surface area (Å²) in [6.07, 6.45) is 1.05. The normalized spacial score (nSPS) is 11.8. The van der Waals surface area contributed by atoms with E-state index in [9.17, 15) is 0 Å². The zero-order valence-corrected chi connectivity index (χ0v) is 34.6. The standard InChI is InChI=1S/C25H38Si2.C13H9.C5H5.Hf/c1-7-26(8-2,9-3)24-17-13-22(14-18-24)21-23-15-19-25(20-16-23)27(10-4,11-5)12-6;1-3-7-12-10(5-1)9-11-6-2-4-8-13(11)12;1-2-4-5-3-1;/h13-20H,7-12H2,1-6H3;1-5,7-8H,9H2;1-5H;/q;2*-1;+2. The Hall–Kier alpha value is -2.60. The van der Waals surface area contributed by atoms with Crippen LogP contribution in [0.15, 0.2) is 121 Å². The van der Waals surface area contributed by atoms with E-state index in [0.29, 0.717) is 0 Å². The fraction of sp³-hybridized carbons (Fsp3) is 0.302. The number of rotatable bonds is 10. The summed E-state index contributed by atoms with van der Waals surface area (Å²) in [4.78, 5) is 0. The Bertz CT molecular complexity index is 1480. The zero-order chi connectivity index (χ0) is 33.0. The summed E-state index contributed by atoms with van der Waals surface area (Å²) in [6, 6.07) is 55.7. The molecule has 0 atom stereocenters. The van der Waals surface area contributed by atoms with Crippen LogP contribution in [-0.2, 0) is 30.3 Å². The van der Waals surface area contributed by atoms with Crippen LogP contribution >= 0.6 is 0 Å². The Kier molecular flexibility index (Phi) is 13.8. The Balaban J connectivity index is 0.000000214. The van der Waals surface area contributed by atoms with E-state index in [2.05, 4.69) is 133 Å². The van der Waals surface area contributed by atoms with E-state index in [1.165, 1.54) is 72.9 Å². The number of hydrogen-bond donors (Lipinski definition) is 0. The van der Waals surface area contributed by atoms with Gasteiger partial charge in [-0.3, -0.25) is 0 Å². The van der Waals surface area contributed by atoms with E-state index in [0.717, 1.165) is 30.3 Å². The minimum absolute atomic E-state index is 1.05. The molecule has 1 aliphatic rings. The molecule has 0 aromatic heterocycles. The summed E-state index contributed by atoms with van der Waals surface area (Å²) in [6.45, 7) is 14.4. The van der Waals surface area contributed by atoms with Crippen molar-refractivity contribution in [1.29, 1.82) is 0 Å². The van der Waals surface area contributed by atoms with Crippen molar-refractivity contribution in [3.05, 3.63) is 150 Å². The largest absolute Gasteiger partial charge is 0.214 e. The van der Waals surface area contributed by atoms with Crippen LogP contribution in [0.2, 0.25) is 36.3 Å². The second-order valence-corrected chi connectivity index (χ2v) is 24.9. The predicted octanol–water partition coefficient (Wildman–Crippen LogP) is 10.7. The third kappa shape index (κ3) is 8.27. The molecule has 6 rings (SSSR count). The molecule has 0 bridgehead atoms. The maximum absolute atomic E-state index is 3.30. The minimum Gasteiger partial charge on any atom is -0.214 e. The molecule has 0 saturated heterocycles. The third-order valence-corrected chi connectivity index (χ3v) is 24.1. The molecule has 0 nitrogen and oxygen atoms in total. The van der Waals surface area contributed by atoms with Gasteiger partial charge in [0, 0.05) is 0 Å². The summed E-state index contributed by atoms with van der Waals surface area (Å²) >= 11 is 1.08. The second kappa shape index (κ2) is 17.5. The van der Waals surface area contributed by atoms with Gasteiger partial charge in [0.15, 0.2) is 0 Å². The topological polar surface area (TPSA) is 0 Å². The molecule has 0 N–H and O–H groups in total. The van der Waals surface area contributed by atoms with Gasteiger partial charge < -0.3 is 0 Å². The molecule has 46 heavy (non-hydrogen) atoms. The molecule has 1 aliphatic carbocycles. The minimum atomic E-state index is -1.27. The van der Waals surface area contributed by atoms with Crippen LogP contribution in [0.4, 0.5) is 0 Å². The second-order valence-electron chi connectivity index (χ2n) is 12.6. The van der Waals surface area contributed by atoms with Crippen molar-refractivity contribution >= 4 is 29.8 Å². The summed E-state index contributed by atoms with van der Waals surface area (Å²) in [7, 11) is -2.53. The van der Waals surface area contributed by atoms with E-state index in [1.807, 2.05) is 36.4 Å². The van der Waals surface area contributed by atoms with E-state index in [4.69, 9.17) is 0 Å². The molecule has 0 heterocycles. The van der Waals surface area contributed by atoms with E-state index in [1.54, 1.807) is 10.4 Å². The first-order valence-corrected chi connectivity index (χ1v) is 24.5. The maximum Gasteiger partial charge on any atom is -0.0253 e. The van der Waals surface area contributed by atoms with Crippen LogP contribution in [0.5, 0.6) is 0 Å². The molecule has 0 spiro atoms. The summed E-state index contributed by atoms with van der Waals surface area (Å²) < 4.78 is 1.53. The Morgan fingerprint density at radius 2 is 1.04 bits per heavy atom. The van der Waals surface area contributed by atoms with Crippen molar-refractivity contribution in [2.45, 2.75) is 84.2 Å². The zero-order valence-electron chi connectivity index (χ0n) is 29.0. The Morgan fingerprint density at radius 1 is 0.587 bits per heavy atom. The summed E-state index contributed by atoms with van der Waals surface area (Å²) in [5.74, 6) is 0. The van der Waals surface area contributed by atoms with Crippen LogP contribution in [0.3, 0.4) is 0 Å². The average molecular weight is 804 g/mol. The van der Waals surface area contributed by atoms with Gasteiger partial charge in [0.1, 0.15) is 0 Å². The van der Waals surface area contributed by atoms with Crippen molar-refractivity contribution in [3.8, 4) is 11.1 Å². The van der Waals surface area contributed by atoms with E-state index in [-0.39, 0.29) is 0 Å². The molecule has 0 unspecified atom stereocenters. The van der Waals surface area contributed by atoms with Gasteiger partial charge in [-0.1, -0.05) is 35.4 Å². The smallest absolute Gasteiger partial charge is 0.0253 e. The van der Waals surface area contributed by atoms with Gasteiger partial charge in [0.2, 0.25) is 0 Å². The average Bonchev–Trinajstić information content (AvgIpc) is 3.84. The molecule has 0 fully saturated rings. The van der Waals surface area contributed by atoms with Crippen molar-refractivity contribution in [1.82, 2.24) is 0 Å². The van der Waals surface area contributed by atoms with Gasteiger partial charge in [-0.05, 0) is 6.42 Å². The maximum atomic E-state index is 3.30. The molecule has 5 aromatic carbocycles. The van der Waals surface area contributed by atoms with E-state index >= 15 is 0 Å². The molecule has 236 valence electrons. The van der Waals surface area contributed by atoms with E-state index < -0.39 is 16.1 Å². The molecule has 5 aromatic rings. The molecule has 0 aliphatic heterocycles. The van der Waals surface area contributed by atoms with Gasteiger partial charge in [-0.25, -0.2) is 12.1 Å². The monoisotopic (exact) mass is 804 g/mol. The first-order chi connectivity index (χ1) is 22.4. The molecule has 0 saturated carbocycles. The van der Waals surface area contributed by atoms with Crippen molar-refractivity contribution in [2.75, 3.05) is 0 Å². The first-order valence-electron chi connectivity index (χ1n) is 17.5. The predicted molar refractivity (Wildman–Crippen MR) is 205 cm³/mol. The molecule has 0 amide bonds. The molecular formula is C43H52HfSi2. The van der Waals surface area contributed by atoms with Crippen LogP contribution in [0.25, 0.3) is 11.1 Å². The SMILES string of the molecule is CC[Si](CC)(CC)c1ccc([C](=[Hf+2])c2ccc([Si](CC)(CC)CC)cc2)cc1.[c-]1cccc2c1Cc1ccccc1-2.c1cc[cH-]c1. The van der Waals surface area contributed by atoms with Gasteiger partial charge in [0.05, 0.1) is 0 Å². The fourth-order valence-electron chi connectivity index (χ4n) is 7.19. The molecule has 0 radical (unpaired) electrons. The quantitative estimate of drug-likeness (QED) is 0.0956. The molecular weight excluding hydrogens is 751 g/mol. The van der Waals surface area contributed by atoms with Gasteiger partial charge >= 0.3 is 191 Å². The van der Waals surface area contributed by atoms with Crippen LogP contribution in [-0.4, -0.2) is 19.4 Å². The fourth-order valence-corrected chi connectivity index (χ4v) is 15.6. The van der Waals surface area contributed by atoms with Crippen LogP contribution in [0.1, 0.15) is 63.8 Å². The van der Waals surface area contributed by atoms with Gasteiger partial charge in [-0.15, -0.1) is 5.56 Å². The van der Waals surface area contributed by atoms with Gasteiger partial charge in [0.25, 0.3) is 0 Å². The van der Waals surface area contributed by atoms with Gasteiger partial charge in [-0.2, -0.15) is 48.0 Å². The summed E-state index contributed by atoms with van der Waals surface area (Å²) in [5, 5.41) is 3.30. The number of benzene rings is 4. The van der Waals surface area contributed by atoms with Crippen LogP contribution < -0.4 is 10.4 Å².